The number of amidine groups is 1. The largest absolute Gasteiger partial charge is 0.287 e. The second kappa shape index (κ2) is 8.41. The molecule has 6 nitrogen and oxygen atoms in total. The summed E-state index contributed by atoms with van der Waals surface area (Å²) in [5.74, 6) is -0.320. The van der Waals surface area contributed by atoms with Crippen molar-refractivity contribution < 1.29 is 9.59 Å². The third-order valence-corrected chi connectivity index (χ3v) is 6.46. The number of rotatable bonds is 4. The first-order valence-electron chi connectivity index (χ1n) is 9.48. The van der Waals surface area contributed by atoms with Crippen LogP contribution >= 0.6 is 23.1 Å². The van der Waals surface area contributed by atoms with Crippen molar-refractivity contribution in [2.75, 3.05) is 11.4 Å². The van der Waals surface area contributed by atoms with Crippen LogP contribution < -0.4 is 4.90 Å². The van der Waals surface area contributed by atoms with Gasteiger partial charge in [0.25, 0.3) is 5.91 Å². The highest BCUT2D eigenvalue weighted by Crippen LogP contribution is 2.34. The van der Waals surface area contributed by atoms with Gasteiger partial charge in [0.2, 0.25) is 5.91 Å². The third-order valence-electron chi connectivity index (χ3n) is 4.53. The third kappa shape index (κ3) is 4.01. The summed E-state index contributed by atoms with van der Waals surface area (Å²) in [6.07, 6.45) is 1.60. The van der Waals surface area contributed by atoms with Gasteiger partial charge in [-0.25, -0.2) is 9.98 Å². The molecule has 0 N–H and O–H groups in total. The fourth-order valence-electron chi connectivity index (χ4n) is 3.12. The fourth-order valence-corrected chi connectivity index (χ4v) is 5.01. The summed E-state index contributed by atoms with van der Waals surface area (Å²) >= 11 is 2.90. The zero-order valence-corrected chi connectivity index (χ0v) is 18.5. The average Bonchev–Trinajstić information content (AvgIpc) is 3.24. The number of para-hydroxylation sites is 1. The maximum atomic E-state index is 13.0. The number of thiazole rings is 1. The molecule has 0 saturated carbocycles. The van der Waals surface area contributed by atoms with E-state index < -0.39 is 0 Å². The molecular weight excluding hydrogens is 416 g/mol. The van der Waals surface area contributed by atoms with E-state index in [1.165, 1.54) is 23.6 Å². The Morgan fingerprint density at radius 1 is 1.23 bits per heavy atom. The van der Waals surface area contributed by atoms with Gasteiger partial charge in [0.05, 0.1) is 25.8 Å². The molecule has 1 saturated heterocycles. The van der Waals surface area contributed by atoms with E-state index in [1.54, 1.807) is 22.4 Å². The van der Waals surface area contributed by atoms with Crippen LogP contribution in [0.15, 0.2) is 64.6 Å². The minimum atomic E-state index is -0.165. The summed E-state index contributed by atoms with van der Waals surface area (Å²) in [4.78, 5) is 37.9. The molecule has 2 heterocycles. The first kappa shape index (κ1) is 20.3. The minimum Gasteiger partial charge on any atom is -0.287 e. The molecule has 0 atom stereocenters. The molecule has 1 aliphatic heterocycles. The zero-order valence-electron chi connectivity index (χ0n) is 16.8. The second-order valence-electron chi connectivity index (χ2n) is 6.65. The molecule has 2 amide bonds. The summed E-state index contributed by atoms with van der Waals surface area (Å²) in [5.41, 5.74) is 2.43. The Morgan fingerprint density at radius 3 is 2.70 bits per heavy atom. The fraction of sp³-hybridized carbons (Fsp3) is 0.182. The number of carbonyl (C=O) groups is 2. The van der Waals surface area contributed by atoms with Crippen molar-refractivity contribution in [1.29, 1.82) is 0 Å². The van der Waals surface area contributed by atoms with E-state index >= 15 is 0 Å². The van der Waals surface area contributed by atoms with Crippen LogP contribution in [-0.4, -0.2) is 33.4 Å². The van der Waals surface area contributed by atoms with Gasteiger partial charge in [0.15, 0.2) is 5.17 Å². The highest BCUT2D eigenvalue weighted by Gasteiger charge is 2.33. The standard InChI is InChI=1S/C22H20N4O2S2/c1-4-25-21(28)20(13-26(15(3)27)17-8-6-5-7-9-17)30-22(25)24-16-10-11-18-19(12-16)29-14(2)23-18/h5-13H,4H2,1-3H3/b20-13+,24-22?. The Morgan fingerprint density at radius 2 is 2.00 bits per heavy atom. The number of amides is 2. The van der Waals surface area contributed by atoms with Crippen molar-refractivity contribution >= 4 is 61.7 Å². The summed E-state index contributed by atoms with van der Waals surface area (Å²) in [7, 11) is 0. The molecule has 1 aromatic heterocycles. The summed E-state index contributed by atoms with van der Waals surface area (Å²) in [6.45, 7) is 5.86. The molecule has 3 aromatic rings. The van der Waals surface area contributed by atoms with Gasteiger partial charge in [-0.1, -0.05) is 18.2 Å². The zero-order chi connectivity index (χ0) is 21.3. The van der Waals surface area contributed by atoms with Gasteiger partial charge in [0, 0.05) is 25.4 Å². The topological polar surface area (TPSA) is 65.9 Å². The van der Waals surface area contributed by atoms with E-state index in [4.69, 9.17) is 4.99 Å². The van der Waals surface area contributed by atoms with Crippen LogP contribution in [0, 0.1) is 6.92 Å². The lowest BCUT2D eigenvalue weighted by molar-refractivity contribution is -0.122. The molecular formula is C22H20N4O2S2. The lowest BCUT2D eigenvalue weighted by Gasteiger charge is -2.17. The van der Waals surface area contributed by atoms with E-state index in [-0.39, 0.29) is 11.8 Å². The lowest BCUT2D eigenvalue weighted by Crippen LogP contribution is -2.29. The number of benzene rings is 2. The molecule has 2 aromatic carbocycles. The van der Waals surface area contributed by atoms with Gasteiger partial charge in [-0.05, 0) is 55.9 Å². The number of hydrogen-bond donors (Lipinski definition) is 0. The van der Waals surface area contributed by atoms with Gasteiger partial charge in [-0.2, -0.15) is 0 Å². The number of aryl methyl sites for hydroxylation is 1. The first-order valence-corrected chi connectivity index (χ1v) is 11.1. The van der Waals surface area contributed by atoms with Crippen LogP contribution in [0.25, 0.3) is 10.2 Å². The smallest absolute Gasteiger partial charge is 0.268 e. The lowest BCUT2D eigenvalue weighted by atomic mass is 10.3. The molecule has 0 unspecified atom stereocenters. The van der Waals surface area contributed by atoms with Crippen LogP contribution in [0.2, 0.25) is 0 Å². The van der Waals surface area contributed by atoms with E-state index in [9.17, 15) is 9.59 Å². The van der Waals surface area contributed by atoms with Crippen molar-refractivity contribution in [2.45, 2.75) is 20.8 Å². The molecule has 30 heavy (non-hydrogen) atoms. The van der Waals surface area contributed by atoms with Gasteiger partial charge >= 0.3 is 0 Å². The monoisotopic (exact) mass is 436 g/mol. The van der Waals surface area contributed by atoms with E-state index in [2.05, 4.69) is 4.98 Å². The molecule has 0 aliphatic carbocycles. The van der Waals surface area contributed by atoms with Crippen LogP contribution in [0.1, 0.15) is 18.9 Å². The first-order chi connectivity index (χ1) is 14.5. The van der Waals surface area contributed by atoms with Crippen LogP contribution in [-0.2, 0) is 9.59 Å². The molecule has 1 fully saturated rings. The highest BCUT2D eigenvalue weighted by atomic mass is 32.2. The van der Waals surface area contributed by atoms with Gasteiger partial charge < -0.3 is 0 Å². The van der Waals surface area contributed by atoms with Crippen molar-refractivity contribution in [3.8, 4) is 0 Å². The number of anilines is 1. The molecule has 0 radical (unpaired) electrons. The number of nitrogens with zero attached hydrogens (tertiary/aromatic N) is 4. The Hall–Kier alpha value is -2.97. The number of hydrogen-bond acceptors (Lipinski definition) is 6. The normalized spacial score (nSPS) is 16.8. The predicted octanol–water partition coefficient (Wildman–Crippen LogP) is 5.08. The highest BCUT2D eigenvalue weighted by molar-refractivity contribution is 8.18. The molecule has 0 spiro atoms. The van der Waals surface area contributed by atoms with E-state index in [1.807, 2.05) is 62.4 Å². The molecule has 1 aliphatic rings. The maximum Gasteiger partial charge on any atom is 0.268 e. The van der Waals surface area contributed by atoms with Gasteiger partial charge in [0.1, 0.15) is 0 Å². The Kier molecular flexibility index (Phi) is 5.69. The predicted molar refractivity (Wildman–Crippen MR) is 124 cm³/mol. The molecule has 152 valence electrons. The second-order valence-corrected chi connectivity index (χ2v) is 8.89. The number of fused-ring (bicyclic) bond motifs is 1. The molecule has 4 rings (SSSR count). The van der Waals surface area contributed by atoms with Crippen molar-refractivity contribution in [2.24, 2.45) is 4.99 Å². The number of aliphatic imine (C=N–C) groups is 1. The average molecular weight is 437 g/mol. The SMILES string of the molecule is CCN1C(=O)/C(=C\N(C(C)=O)c2ccccc2)SC1=Nc1ccc2nc(C)sc2c1. The van der Waals surface area contributed by atoms with E-state index in [0.29, 0.717) is 22.3 Å². The number of likely N-dealkylation sites (N-methyl/N-ethyl adjacent to an activating group) is 1. The van der Waals surface area contributed by atoms with Gasteiger partial charge in [-0.15, -0.1) is 11.3 Å². The maximum absolute atomic E-state index is 13.0. The Balaban J connectivity index is 1.68. The van der Waals surface area contributed by atoms with Crippen molar-refractivity contribution in [3.05, 3.63) is 64.6 Å². The van der Waals surface area contributed by atoms with Crippen molar-refractivity contribution in [3.63, 3.8) is 0 Å². The molecule has 8 heteroatoms. The minimum absolute atomic E-state index is 0.154. The van der Waals surface area contributed by atoms with Crippen LogP contribution in [0.3, 0.4) is 0 Å². The van der Waals surface area contributed by atoms with Crippen LogP contribution in [0.5, 0.6) is 0 Å². The molecule has 0 bridgehead atoms. The van der Waals surface area contributed by atoms with Crippen molar-refractivity contribution in [1.82, 2.24) is 9.88 Å². The Bertz CT molecular complexity index is 1180. The Labute approximate surface area is 182 Å². The van der Waals surface area contributed by atoms with Crippen LogP contribution in [0.4, 0.5) is 11.4 Å². The number of carbonyl (C=O) groups excluding carboxylic acids is 2. The summed E-state index contributed by atoms with van der Waals surface area (Å²) in [5, 5.41) is 1.61. The summed E-state index contributed by atoms with van der Waals surface area (Å²) < 4.78 is 1.06. The van der Waals surface area contributed by atoms with E-state index in [0.717, 1.165) is 20.9 Å². The van der Waals surface area contributed by atoms with Gasteiger partial charge in [-0.3, -0.25) is 19.4 Å². The number of aromatic nitrogens is 1. The number of thioether (sulfide) groups is 1. The summed E-state index contributed by atoms with van der Waals surface area (Å²) in [6, 6.07) is 15.1. The quantitative estimate of drug-likeness (QED) is 0.535.